The fourth-order valence-electron chi connectivity index (χ4n) is 4.48. The summed E-state index contributed by atoms with van der Waals surface area (Å²) in [7, 11) is 1.52. The zero-order chi connectivity index (χ0) is 30.1. The molecule has 0 saturated carbocycles. The lowest BCUT2D eigenvalue weighted by molar-refractivity contribution is -0.153. The first-order valence-corrected chi connectivity index (χ1v) is 13.9. The van der Waals surface area contributed by atoms with Gasteiger partial charge in [-0.25, -0.2) is 9.78 Å². The van der Waals surface area contributed by atoms with Crippen LogP contribution >= 0.6 is 0 Å². The van der Waals surface area contributed by atoms with Gasteiger partial charge in [0.2, 0.25) is 11.5 Å². The molecule has 1 aromatic heterocycles. The van der Waals surface area contributed by atoms with Crippen molar-refractivity contribution in [2.75, 3.05) is 13.7 Å². The lowest BCUT2D eigenvalue weighted by atomic mass is 9.96. The van der Waals surface area contributed by atoms with Crippen molar-refractivity contribution in [2.45, 2.75) is 46.1 Å². The minimum Gasteiger partial charge on any atom is -0.493 e. The summed E-state index contributed by atoms with van der Waals surface area (Å²) in [5.41, 5.74) is 3.37. The molecule has 1 N–H and O–H groups in total. The fraction of sp³-hybridized carbons (Fsp3) is 0.257. The number of nitrogens with zero attached hydrogens (tertiary/aromatic N) is 1. The van der Waals surface area contributed by atoms with E-state index in [9.17, 15) is 9.90 Å². The fourth-order valence-corrected chi connectivity index (χ4v) is 4.48. The highest BCUT2D eigenvalue weighted by Crippen LogP contribution is 2.32. The number of oxazole rings is 1. The van der Waals surface area contributed by atoms with E-state index in [0.717, 1.165) is 33.7 Å². The molecule has 0 aliphatic heterocycles. The molecule has 218 valence electrons. The number of aromatic nitrogens is 1. The molecule has 0 radical (unpaired) electrons. The second kappa shape index (κ2) is 13.7. The van der Waals surface area contributed by atoms with Gasteiger partial charge in [-0.1, -0.05) is 54.6 Å². The van der Waals surface area contributed by atoms with Crippen molar-refractivity contribution in [1.82, 2.24) is 4.98 Å². The zero-order valence-corrected chi connectivity index (χ0v) is 24.7. The number of hydrogen-bond acceptors (Lipinski definition) is 6. The number of aliphatic carboxylic acids is 1. The van der Waals surface area contributed by atoms with Gasteiger partial charge in [0.25, 0.3) is 0 Å². The normalized spacial score (nSPS) is 13.1. The number of carboxylic acid groups (broad SMARTS) is 1. The number of carboxylic acids is 1. The van der Waals surface area contributed by atoms with Gasteiger partial charge in [0.15, 0.2) is 11.5 Å². The quantitative estimate of drug-likeness (QED) is 0.165. The summed E-state index contributed by atoms with van der Waals surface area (Å²) in [6, 6.07) is 22.5. The Morgan fingerprint density at radius 1 is 1.05 bits per heavy atom. The Morgan fingerprint density at radius 2 is 1.79 bits per heavy atom. The Hall–Kier alpha value is -4.78. The Labute approximate surface area is 247 Å². The highest BCUT2D eigenvalue weighted by atomic mass is 16.5. The smallest absolute Gasteiger partial charge is 0.348 e. The van der Waals surface area contributed by atoms with Crippen molar-refractivity contribution in [3.63, 3.8) is 0 Å². The first-order valence-electron chi connectivity index (χ1n) is 13.9. The number of rotatable bonds is 13. The summed E-state index contributed by atoms with van der Waals surface area (Å²) < 4.78 is 23.2. The molecule has 4 rings (SSSR count). The number of para-hydroxylation sites is 2. The largest absolute Gasteiger partial charge is 0.493 e. The lowest BCUT2D eigenvalue weighted by Gasteiger charge is -2.27. The van der Waals surface area contributed by atoms with E-state index in [1.54, 1.807) is 31.2 Å². The number of hydrogen-bond donors (Lipinski definition) is 1. The van der Waals surface area contributed by atoms with Crippen molar-refractivity contribution in [2.24, 2.45) is 0 Å². The molecule has 1 unspecified atom stereocenters. The van der Waals surface area contributed by atoms with Gasteiger partial charge in [0, 0.05) is 18.4 Å². The highest BCUT2D eigenvalue weighted by Gasteiger charge is 2.36. The minimum atomic E-state index is -1.49. The van der Waals surface area contributed by atoms with Crippen LogP contribution in [0.25, 0.3) is 17.0 Å². The Balaban J connectivity index is 1.37. The van der Waals surface area contributed by atoms with Gasteiger partial charge in [0.05, 0.1) is 19.4 Å². The third-order valence-electron chi connectivity index (χ3n) is 6.93. The van der Waals surface area contributed by atoms with Crippen LogP contribution in [-0.4, -0.2) is 35.4 Å². The van der Waals surface area contributed by atoms with Gasteiger partial charge in [-0.2, -0.15) is 0 Å². The molecule has 0 spiro atoms. The van der Waals surface area contributed by atoms with Gasteiger partial charge < -0.3 is 23.7 Å². The predicted octanol–water partition coefficient (Wildman–Crippen LogP) is 7.72. The number of aryl methyl sites for hydroxylation is 1. The van der Waals surface area contributed by atoms with E-state index in [1.165, 1.54) is 7.11 Å². The molecule has 0 saturated heterocycles. The molecule has 0 fully saturated rings. The monoisotopic (exact) mass is 567 g/mol. The molecular formula is C35H37NO6. The zero-order valence-electron chi connectivity index (χ0n) is 24.7. The third kappa shape index (κ3) is 7.49. The summed E-state index contributed by atoms with van der Waals surface area (Å²) in [5.74, 6) is 1.81. The van der Waals surface area contributed by atoms with Crippen molar-refractivity contribution >= 4 is 11.5 Å². The molecule has 0 bridgehead atoms. The summed E-state index contributed by atoms with van der Waals surface area (Å²) in [4.78, 5) is 16.9. The average molecular weight is 568 g/mol. The average Bonchev–Trinajstić information content (AvgIpc) is 3.37. The number of allylic oxidation sites excluding steroid dienone is 4. The van der Waals surface area contributed by atoms with Crippen molar-refractivity contribution in [3.8, 4) is 28.7 Å². The molecule has 4 aromatic rings. The van der Waals surface area contributed by atoms with Crippen LogP contribution in [0.4, 0.5) is 0 Å². The maximum Gasteiger partial charge on any atom is 0.348 e. The van der Waals surface area contributed by atoms with Crippen LogP contribution in [0.1, 0.15) is 43.4 Å². The topological polar surface area (TPSA) is 91.0 Å². The van der Waals surface area contributed by atoms with Crippen LogP contribution < -0.4 is 14.2 Å². The Morgan fingerprint density at radius 3 is 2.48 bits per heavy atom. The molecule has 1 atom stereocenters. The van der Waals surface area contributed by atoms with Crippen LogP contribution in [0.2, 0.25) is 0 Å². The van der Waals surface area contributed by atoms with E-state index in [2.05, 4.69) is 25.1 Å². The summed E-state index contributed by atoms with van der Waals surface area (Å²) in [6.07, 6.45) is 6.85. The third-order valence-corrected chi connectivity index (χ3v) is 6.93. The molecule has 42 heavy (non-hydrogen) atoms. The van der Waals surface area contributed by atoms with Crippen LogP contribution in [0.15, 0.2) is 95.4 Å². The van der Waals surface area contributed by atoms with Crippen LogP contribution in [0, 0.1) is 6.92 Å². The van der Waals surface area contributed by atoms with Gasteiger partial charge in [-0.05, 0) is 80.8 Å². The lowest BCUT2D eigenvalue weighted by Crippen LogP contribution is -2.43. The molecule has 0 aliphatic rings. The number of ether oxygens (including phenoxy) is 3. The van der Waals surface area contributed by atoms with E-state index >= 15 is 0 Å². The van der Waals surface area contributed by atoms with E-state index in [1.807, 2.05) is 62.4 Å². The van der Waals surface area contributed by atoms with Crippen LogP contribution in [0.3, 0.4) is 0 Å². The van der Waals surface area contributed by atoms with Gasteiger partial charge in [-0.15, -0.1) is 0 Å². The molecule has 3 aromatic carbocycles. The maximum absolute atomic E-state index is 12.2. The molecule has 1 heterocycles. The minimum absolute atomic E-state index is 0.160. The van der Waals surface area contributed by atoms with Gasteiger partial charge in [0.1, 0.15) is 11.5 Å². The number of carbonyl (C=O) groups is 1. The second-order valence-corrected chi connectivity index (χ2v) is 10.2. The first-order chi connectivity index (χ1) is 20.2. The highest BCUT2D eigenvalue weighted by molar-refractivity contribution is 5.78. The molecule has 7 nitrogen and oxygen atoms in total. The second-order valence-electron chi connectivity index (χ2n) is 10.2. The van der Waals surface area contributed by atoms with Crippen molar-refractivity contribution in [3.05, 3.63) is 114 Å². The standard InChI is InChI=1S/C35H37NO6/c1-6-7-11-24(2)27-12-10-13-28(22-27)33-36-30(25(3)41-33)20-21-40-29-18-16-26(17-19-29)23-35(4,34(37)38)42-32-15-9-8-14-31(32)39-5/h6-19,22H,20-21,23H2,1-5H3,(H,37,38)/b7-6-,24-11+. The number of methoxy groups -OCH3 is 1. The van der Waals surface area contributed by atoms with Crippen LogP contribution in [-0.2, 0) is 17.6 Å². The van der Waals surface area contributed by atoms with Crippen molar-refractivity contribution < 1.29 is 28.5 Å². The van der Waals surface area contributed by atoms with E-state index < -0.39 is 11.6 Å². The summed E-state index contributed by atoms with van der Waals surface area (Å²) in [6.45, 7) is 7.96. The van der Waals surface area contributed by atoms with Gasteiger partial charge in [-0.3, -0.25) is 0 Å². The SMILES string of the molecule is C/C=C\C=C(/C)c1cccc(-c2nc(CCOc3ccc(CC(C)(Oc4ccccc4OC)C(=O)O)cc3)c(C)o2)c1. The molecule has 0 aliphatic carbocycles. The predicted molar refractivity (Wildman–Crippen MR) is 164 cm³/mol. The first kappa shape index (κ1) is 30.2. The van der Waals surface area contributed by atoms with Crippen LogP contribution in [0.5, 0.6) is 17.2 Å². The van der Waals surface area contributed by atoms with E-state index in [4.69, 9.17) is 23.6 Å². The maximum atomic E-state index is 12.2. The molecule has 7 heteroatoms. The van der Waals surface area contributed by atoms with Gasteiger partial charge >= 0.3 is 5.97 Å². The summed E-state index contributed by atoms with van der Waals surface area (Å²) in [5, 5.41) is 9.95. The Bertz CT molecular complexity index is 1570. The Kier molecular flexibility index (Phi) is 9.86. The molecular weight excluding hydrogens is 530 g/mol. The molecule has 0 amide bonds. The number of benzene rings is 3. The van der Waals surface area contributed by atoms with Crippen molar-refractivity contribution in [1.29, 1.82) is 0 Å². The van der Waals surface area contributed by atoms with E-state index in [-0.39, 0.29) is 6.42 Å². The van der Waals surface area contributed by atoms with E-state index in [0.29, 0.717) is 36.2 Å². The summed E-state index contributed by atoms with van der Waals surface area (Å²) >= 11 is 0.